The number of hydrogen-bond donors (Lipinski definition) is 1. The first-order valence-corrected chi connectivity index (χ1v) is 7.25. The highest BCUT2D eigenvalue weighted by atomic mass is 16.6. The molecule has 1 saturated heterocycles. The summed E-state index contributed by atoms with van der Waals surface area (Å²) >= 11 is 0. The smallest absolute Gasteiger partial charge is 0.274 e. The van der Waals surface area contributed by atoms with Gasteiger partial charge in [-0.05, 0) is 45.8 Å². The number of benzene rings is 1. The fourth-order valence-electron chi connectivity index (χ4n) is 3.11. The van der Waals surface area contributed by atoms with Crippen LogP contribution in [0.3, 0.4) is 0 Å². The van der Waals surface area contributed by atoms with Gasteiger partial charge in [0.25, 0.3) is 5.69 Å². The zero-order valence-corrected chi connectivity index (χ0v) is 12.2. The number of likely N-dealkylation sites (tertiary alicyclic amines) is 1. The number of piperidine rings is 1. The van der Waals surface area contributed by atoms with Crippen molar-refractivity contribution in [2.75, 3.05) is 26.7 Å². The van der Waals surface area contributed by atoms with Gasteiger partial charge in [-0.15, -0.1) is 0 Å². The van der Waals surface area contributed by atoms with E-state index in [2.05, 4.69) is 17.1 Å². The molecule has 1 fully saturated rings. The number of nitrogens with zero attached hydrogens (tertiary/aromatic N) is 2. The molecule has 2 rings (SSSR count). The van der Waals surface area contributed by atoms with Crippen molar-refractivity contribution in [2.45, 2.75) is 25.8 Å². The number of nitro benzene ring substituents is 1. The molecule has 0 saturated carbocycles. The van der Waals surface area contributed by atoms with E-state index in [4.69, 9.17) is 0 Å². The van der Waals surface area contributed by atoms with Gasteiger partial charge in [0.1, 0.15) is 0 Å². The summed E-state index contributed by atoms with van der Waals surface area (Å²) in [5, 5.41) is 14.4. The summed E-state index contributed by atoms with van der Waals surface area (Å²) in [4.78, 5) is 13.2. The molecule has 0 bridgehead atoms. The minimum Gasteiger partial charge on any atom is -0.319 e. The van der Waals surface area contributed by atoms with E-state index >= 15 is 0 Å². The summed E-state index contributed by atoms with van der Waals surface area (Å²) in [5.74, 6) is 0.638. The number of para-hydroxylation sites is 1. The predicted molar refractivity (Wildman–Crippen MR) is 79.7 cm³/mol. The minimum atomic E-state index is -0.277. The Morgan fingerprint density at radius 3 is 2.95 bits per heavy atom. The molecule has 5 nitrogen and oxygen atoms in total. The first-order valence-electron chi connectivity index (χ1n) is 7.25. The summed E-state index contributed by atoms with van der Waals surface area (Å²) in [7, 11) is 1.98. The number of nitro groups is 1. The molecule has 0 aliphatic carbocycles. The quantitative estimate of drug-likeness (QED) is 0.664. The second-order valence-corrected chi connectivity index (χ2v) is 5.55. The van der Waals surface area contributed by atoms with Crippen LogP contribution in [0.5, 0.6) is 0 Å². The molecule has 1 aliphatic heterocycles. The Hall–Kier alpha value is -1.46. The Morgan fingerprint density at radius 2 is 2.25 bits per heavy atom. The van der Waals surface area contributed by atoms with Gasteiger partial charge >= 0.3 is 0 Å². The molecule has 0 amide bonds. The standard InChI is InChI=1S/C15H23N3O2/c1-12(14-7-3-4-8-15(14)18(19)20)17-9-5-6-13(11-17)10-16-2/h3-4,7-8,12-13,16H,5-6,9-11H2,1-2H3. The lowest BCUT2D eigenvalue weighted by molar-refractivity contribution is -0.386. The van der Waals surface area contributed by atoms with Crippen LogP contribution in [-0.4, -0.2) is 36.5 Å². The molecule has 1 N–H and O–H groups in total. The fraction of sp³-hybridized carbons (Fsp3) is 0.600. The van der Waals surface area contributed by atoms with Gasteiger partial charge in [0, 0.05) is 24.2 Å². The molecular formula is C15H23N3O2. The summed E-state index contributed by atoms with van der Waals surface area (Å²) in [6, 6.07) is 7.18. The van der Waals surface area contributed by atoms with E-state index in [1.165, 1.54) is 6.42 Å². The van der Waals surface area contributed by atoms with Crippen LogP contribution in [0.2, 0.25) is 0 Å². The summed E-state index contributed by atoms with van der Waals surface area (Å²) in [5.41, 5.74) is 1.05. The van der Waals surface area contributed by atoms with Crippen LogP contribution in [0, 0.1) is 16.0 Å². The Bertz CT molecular complexity index is 462. The lowest BCUT2D eigenvalue weighted by Crippen LogP contribution is -2.40. The van der Waals surface area contributed by atoms with Crippen molar-refractivity contribution in [3.63, 3.8) is 0 Å². The first-order chi connectivity index (χ1) is 9.63. The van der Waals surface area contributed by atoms with E-state index in [1.807, 2.05) is 19.2 Å². The monoisotopic (exact) mass is 277 g/mol. The zero-order chi connectivity index (χ0) is 14.5. The fourth-order valence-corrected chi connectivity index (χ4v) is 3.11. The lowest BCUT2D eigenvalue weighted by Gasteiger charge is -2.36. The molecular weight excluding hydrogens is 254 g/mol. The normalized spacial score (nSPS) is 21.6. The maximum atomic E-state index is 11.2. The molecule has 0 radical (unpaired) electrons. The average Bonchev–Trinajstić information content (AvgIpc) is 2.47. The molecule has 110 valence electrons. The van der Waals surface area contributed by atoms with Crippen molar-refractivity contribution in [1.29, 1.82) is 0 Å². The number of rotatable bonds is 5. The second-order valence-electron chi connectivity index (χ2n) is 5.55. The van der Waals surface area contributed by atoms with Crippen molar-refractivity contribution in [2.24, 2.45) is 5.92 Å². The topological polar surface area (TPSA) is 58.4 Å². The first kappa shape index (κ1) is 14.9. The molecule has 1 aromatic rings. The molecule has 1 heterocycles. The highest BCUT2D eigenvalue weighted by molar-refractivity contribution is 5.41. The van der Waals surface area contributed by atoms with Crippen LogP contribution < -0.4 is 5.32 Å². The third-order valence-corrected chi connectivity index (χ3v) is 4.17. The van der Waals surface area contributed by atoms with E-state index in [0.29, 0.717) is 5.92 Å². The van der Waals surface area contributed by atoms with Crippen LogP contribution in [0.25, 0.3) is 0 Å². The van der Waals surface area contributed by atoms with Crippen molar-refractivity contribution in [3.05, 3.63) is 39.9 Å². The van der Waals surface area contributed by atoms with Gasteiger partial charge in [-0.3, -0.25) is 15.0 Å². The Kier molecular flexibility index (Phi) is 5.09. The lowest BCUT2D eigenvalue weighted by atomic mass is 9.95. The molecule has 20 heavy (non-hydrogen) atoms. The van der Waals surface area contributed by atoms with Crippen LogP contribution in [0.1, 0.15) is 31.4 Å². The van der Waals surface area contributed by atoms with Gasteiger partial charge in [0.2, 0.25) is 0 Å². The summed E-state index contributed by atoms with van der Waals surface area (Å²) < 4.78 is 0. The van der Waals surface area contributed by atoms with Gasteiger partial charge in [0.05, 0.1) is 4.92 Å². The van der Waals surface area contributed by atoms with E-state index < -0.39 is 0 Å². The summed E-state index contributed by atoms with van der Waals surface area (Å²) in [6.07, 6.45) is 2.40. The summed E-state index contributed by atoms with van der Waals surface area (Å²) in [6.45, 7) is 5.12. The van der Waals surface area contributed by atoms with E-state index in [1.54, 1.807) is 12.1 Å². The maximum absolute atomic E-state index is 11.2. The van der Waals surface area contributed by atoms with Gasteiger partial charge in [-0.1, -0.05) is 18.2 Å². The molecule has 1 aliphatic rings. The zero-order valence-electron chi connectivity index (χ0n) is 12.2. The SMILES string of the molecule is CNCC1CCCN(C(C)c2ccccc2[N+](=O)[O-])C1. The van der Waals surface area contributed by atoms with E-state index in [-0.39, 0.29) is 16.7 Å². The largest absolute Gasteiger partial charge is 0.319 e. The van der Waals surface area contributed by atoms with Crippen LogP contribution in [0.4, 0.5) is 5.69 Å². The average molecular weight is 277 g/mol. The molecule has 0 aromatic heterocycles. The van der Waals surface area contributed by atoms with Crippen molar-refractivity contribution in [3.8, 4) is 0 Å². The van der Waals surface area contributed by atoms with Crippen molar-refractivity contribution >= 4 is 5.69 Å². The predicted octanol–water partition coefficient (Wildman–Crippen LogP) is 2.59. The molecule has 0 spiro atoms. The number of nitrogens with one attached hydrogen (secondary N) is 1. The van der Waals surface area contributed by atoms with Crippen LogP contribution in [-0.2, 0) is 0 Å². The molecule has 5 heteroatoms. The van der Waals surface area contributed by atoms with Crippen LogP contribution >= 0.6 is 0 Å². The molecule has 1 aromatic carbocycles. The highest BCUT2D eigenvalue weighted by Crippen LogP contribution is 2.31. The minimum absolute atomic E-state index is 0.0938. The van der Waals surface area contributed by atoms with Crippen molar-refractivity contribution in [1.82, 2.24) is 10.2 Å². The van der Waals surface area contributed by atoms with Gasteiger partial charge in [-0.2, -0.15) is 0 Å². The third kappa shape index (κ3) is 3.35. The van der Waals surface area contributed by atoms with E-state index in [9.17, 15) is 10.1 Å². The van der Waals surface area contributed by atoms with Gasteiger partial charge in [-0.25, -0.2) is 0 Å². The van der Waals surface area contributed by atoms with E-state index in [0.717, 1.165) is 31.6 Å². The number of hydrogen-bond acceptors (Lipinski definition) is 4. The molecule has 2 atom stereocenters. The highest BCUT2D eigenvalue weighted by Gasteiger charge is 2.27. The molecule has 2 unspecified atom stereocenters. The van der Waals surface area contributed by atoms with Gasteiger partial charge < -0.3 is 5.32 Å². The third-order valence-electron chi connectivity index (χ3n) is 4.17. The van der Waals surface area contributed by atoms with Gasteiger partial charge in [0.15, 0.2) is 0 Å². The Balaban J connectivity index is 2.14. The second kappa shape index (κ2) is 6.81. The maximum Gasteiger partial charge on any atom is 0.274 e. The van der Waals surface area contributed by atoms with Crippen molar-refractivity contribution < 1.29 is 4.92 Å². The van der Waals surface area contributed by atoms with Crippen LogP contribution in [0.15, 0.2) is 24.3 Å². The Labute approximate surface area is 120 Å². The Morgan fingerprint density at radius 1 is 1.50 bits per heavy atom.